The van der Waals surface area contributed by atoms with Crippen molar-refractivity contribution in [3.05, 3.63) is 88.3 Å². The Balaban J connectivity index is 1.49. The van der Waals surface area contributed by atoms with Gasteiger partial charge in [-0.25, -0.2) is 9.48 Å². The summed E-state index contributed by atoms with van der Waals surface area (Å²) in [6.45, 7) is 1.10. The average molecular weight is 431 g/mol. The van der Waals surface area contributed by atoms with Crippen LogP contribution in [0.3, 0.4) is 0 Å². The van der Waals surface area contributed by atoms with Crippen LogP contribution in [0.15, 0.2) is 71.5 Å². The molecule has 3 aromatic carbocycles. The smallest absolute Gasteiger partial charge is 0.342 e. The first-order valence-electron chi connectivity index (χ1n) is 9.89. The number of hydrogen-bond donors (Lipinski definition) is 2. The molecule has 0 aliphatic heterocycles. The van der Waals surface area contributed by atoms with Crippen LogP contribution in [0.2, 0.25) is 0 Å². The third kappa shape index (κ3) is 3.85. The highest BCUT2D eigenvalue weighted by Crippen LogP contribution is 2.25. The number of para-hydroxylation sites is 1. The minimum Gasteiger partial charge on any atom is -0.507 e. The van der Waals surface area contributed by atoms with Crippen LogP contribution in [0.5, 0.6) is 5.75 Å². The molecule has 32 heavy (non-hydrogen) atoms. The van der Waals surface area contributed by atoms with Crippen molar-refractivity contribution in [2.24, 2.45) is 7.05 Å². The van der Waals surface area contributed by atoms with E-state index in [0.29, 0.717) is 11.4 Å². The van der Waals surface area contributed by atoms with Gasteiger partial charge in [-0.2, -0.15) is 0 Å². The number of carbonyl (C=O) groups excluding carboxylic acids is 2. The van der Waals surface area contributed by atoms with Gasteiger partial charge in [0.15, 0.2) is 6.61 Å². The zero-order valence-electron chi connectivity index (χ0n) is 17.5. The maximum atomic E-state index is 12.9. The number of anilines is 1. The molecular weight excluding hydrogens is 410 g/mol. The van der Waals surface area contributed by atoms with Gasteiger partial charge in [-0.15, -0.1) is 0 Å². The fourth-order valence-corrected chi connectivity index (χ4v) is 3.49. The highest BCUT2D eigenvalue weighted by atomic mass is 16.5. The van der Waals surface area contributed by atoms with Crippen molar-refractivity contribution in [3.8, 4) is 11.4 Å². The van der Waals surface area contributed by atoms with Gasteiger partial charge < -0.3 is 15.2 Å². The number of aromatic hydroxyl groups is 1. The lowest BCUT2D eigenvalue weighted by Gasteiger charge is -2.08. The molecule has 0 aliphatic carbocycles. The highest BCUT2D eigenvalue weighted by Gasteiger charge is 2.20. The molecule has 8 nitrogen and oxygen atoms in total. The molecule has 162 valence electrons. The second kappa shape index (κ2) is 8.43. The Bertz CT molecular complexity index is 1390. The van der Waals surface area contributed by atoms with Crippen LogP contribution in [0.1, 0.15) is 16.1 Å². The van der Waals surface area contributed by atoms with E-state index in [0.717, 1.165) is 10.8 Å². The molecule has 0 fully saturated rings. The quantitative estimate of drug-likeness (QED) is 0.473. The number of carbonyl (C=O) groups is 2. The monoisotopic (exact) mass is 431 g/mol. The maximum Gasteiger partial charge on any atom is 0.342 e. The van der Waals surface area contributed by atoms with Gasteiger partial charge in [0.2, 0.25) is 0 Å². The number of rotatable bonds is 5. The number of aromatic nitrogens is 2. The lowest BCUT2D eigenvalue weighted by atomic mass is 10.1. The molecule has 4 rings (SSSR count). The molecule has 8 heteroatoms. The Morgan fingerprint density at radius 1 is 1.00 bits per heavy atom. The number of esters is 1. The number of fused-ring (bicyclic) bond motifs is 1. The van der Waals surface area contributed by atoms with Crippen molar-refractivity contribution < 1.29 is 19.4 Å². The van der Waals surface area contributed by atoms with Crippen molar-refractivity contribution in [2.45, 2.75) is 6.92 Å². The van der Waals surface area contributed by atoms with Gasteiger partial charge in [0.05, 0.1) is 11.4 Å². The summed E-state index contributed by atoms with van der Waals surface area (Å²) >= 11 is 0. The molecular formula is C24H21N3O5. The van der Waals surface area contributed by atoms with E-state index in [1.807, 2.05) is 36.4 Å². The van der Waals surface area contributed by atoms with Crippen LogP contribution in [0, 0.1) is 6.92 Å². The second-order valence-corrected chi connectivity index (χ2v) is 7.28. The Hall–Kier alpha value is -4.33. The van der Waals surface area contributed by atoms with Crippen molar-refractivity contribution in [2.75, 3.05) is 11.9 Å². The standard InChI is InChI=1S/C24H21N3O5/c1-15-22(23(30)27(26(15)2)18-10-4-3-5-11-18)25-21(29)14-32-24(31)19-12-16-8-6-7-9-17(16)13-20(19)28/h3-13,28H,14H2,1-2H3,(H,25,29). The Labute approximate surface area is 183 Å². The zero-order valence-corrected chi connectivity index (χ0v) is 17.5. The summed E-state index contributed by atoms with van der Waals surface area (Å²) in [7, 11) is 1.71. The molecule has 0 aliphatic rings. The van der Waals surface area contributed by atoms with Crippen molar-refractivity contribution in [1.29, 1.82) is 0 Å². The number of hydrogen-bond acceptors (Lipinski definition) is 5. The average Bonchev–Trinajstić information content (AvgIpc) is 3.00. The first-order chi connectivity index (χ1) is 15.4. The number of nitrogens with one attached hydrogen (secondary N) is 1. The summed E-state index contributed by atoms with van der Waals surface area (Å²) < 4.78 is 8.13. The summed E-state index contributed by atoms with van der Waals surface area (Å²) in [5.41, 5.74) is 0.861. The minimum atomic E-state index is -0.838. The Morgan fingerprint density at radius 2 is 1.62 bits per heavy atom. The third-order valence-electron chi connectivity index (χ3n) is 5.24. The molecule has 0 spiro atoms. The molecule has 1 aromatic heterocycles. The molecule has 0 radical (unpaired) electrons. The topological polar surface area (TPSA) is 103 Å². The zero-order chi connectivity index (χ0) is 22.8. The molecule has 0 saturated carbocycles. The second-order valence-electron chi connectivity index (χ2n) is 7.28. The fraction of sp³-hybridized carbons (Fsp3) is 0.125. The lowest BCUT2D eigenvalue weighted by molar-refractivity contribution is -0.119. The predicted octanol–water partition coefficient (Wildman–Crippen LogP) is 3.14. The van der Waals surface area contributed by atoms with E-state index in [4.69, 9.17) is 4.74 Å². The van der Waals surface area contributed by atoms with E-state index < -0.39 is 24.0 Å². The number of amides is 1. The third-order valence-corrected chi connectivity index (χ3v) is 5.24. The number of phenolic OH excluding ortho intramolecular Hbond substituents is 1. The normalized spacial score (nSPS) is 10.8. The molecule has 0 saturated heterocycles. The molecule has 1 amide bonds. The highest BCUT2D eigenvalue weighted by molar-refractivity contribution is 6.00. The van der Waals surface area contributed by atoms with Crippen LogP contribution >= 0.6 is 0 Å². The van der Waals surface area contributed by atoms with Gasteiger partial charge in [-0.3, -0.25) is 14.3 Å². The predicted molar refractivity (Wildman–Crippen MR) is 120 cm³/mol. The van der Waals surface area contributed by atoms with Crippen molar-refractivity contribution >= 4 is 28.3 Å². The molecule has 0 bridgehead atoms. The summed E-state index contributed by atoms with van der Waals surface area (Å²) in [4.78, 5) is 37.7. The van der Waals surface area contributed by atoms with Gasteiger partial charge in [-0.05, 0) is 42.0 Å². The van der Waals surface area contributed by atoms with Crippen LogP contribution in [0.4, 0.5) is 5.69 Å². The number of phenols is 1. The first kappa shape index (κ1) is 20.9. The van der Waals surface area contributed by atoms with Crippen LogP contribution in [-0.2, 0) is 16.6 Å². The van der Waals surface area contributed by atoms with E-state index in [1.165, 1.54) is 16.8 Å². The number of ether oxygens (including phenoxy) is 1. The number of nitrogens with zero attached hydrogens (tertiary/aromatic N) is 2. The van der Waals surface area contributed by atoms with E-state index >= 15 is 0 Å². The van der Waals surface area contributed by atoms with Crippen molar-refractivity contribution in [3.63, 3.8) is 0 Å². The van der Waals surface area contributed by atoms with Gasteiger partial charge in [0.1, 0.15) is 17.0 Å². The fourth-order valence-electron chi connectivity index (χ4n) is 3.49. The minimum absolute atomic E-state index is 0.0428. The van der Waals surface area contributed by atoms with Gasteiger partial charge in [0.25, 0.3) is 11.5 Å². The van der Waals surface area contributed by atoms with Gasteiger partial charge in [-0.1, -0.05) is 42.5 Å². The van der Waals surface area contributed by atoms with E-state index in [9.17, 15) is 19.5 Å². The van der Waals surface area contributed by atoms with E-state index in [1.54, 1.807) is 36.9 Å². The summed E-state index contributed by atoms with van der Waals surface area (Å²) in [5.74, 6) is -1.74. The van der Waals surface area contributed by atoms with E-state index in [2.05, 4.69) is 5.32 Å². The maximum absolute atomic E-state index is 12.9. The summed E-state index contributed by atoms with van der Waals surface area (Å²) in [5, 5.41) is 14.2. The molecule has 1 heterocycles. The van der Waals surface area contributed by atoms with Crippen LogP contribution in [-0.4, -0.2) is 33.0 Å². The molecule has 2 N–H and O–H groups in total. The molecule has 0 unspecified atom stereocenters. The van der Waals surface area contributed by atoms with Gasteiger partial charge >= 0.3 is 5.97 Å². The van der Waals surface area contributed by atoms with Crippen molar-refractivity contribution in [1.82, 2.24) is 9.36 Å². The largest absolute Gasteiger partial charge is 0.507 e. The SMILES string of the molecule is Cc1c(NC(=O)COC(=O)c2cc3ccccc3cc2O)c(=O)n(-c2ccccc2)n1C. The van der Waals surface area contributed by atoms with E-state index in [-0.39, 0.29) is 17.0 Å². The summed E-state index contributed by atoms with van der Waals surface area (Å²) in [6, 6.07) is 19.2. The first-order valence-corrected chi connectivity index (χ1v) is 9.89. The Morgan fingerprint density at radius 3 is 2.31 bits per heavy atom. The van der Waals surface area contributed by atoms with Crippen LogP contribution < -0.4 is 10.9 Å². The lowest BCUT2D eigenvalue weighted by Crippen LogP contribution is -2.25. The number of benzene rings is 3. The van der Waals surface area contributed by atoms with Crippen LogP contribution in [0.25, 0.3) is 16.5 Å². The molecule has 4 aromatic rings. The Kier molecular flexibility index (Phi) is 5.51. The van der Waals surface area contributed by atoms with Gasteiger partial charge in [0, 0.05) is 7.05 Å². The molecule has 0 atom stereocenters. The summed E-state index contributed by atoms with van der Waals surface area (Å²) in [6.07, 6.45) is 0.